The van der Waals surface area contributed by atoms with Crippen LogP contribution in [0.2, 0.25) is 5.02 Å². The van der Waals surface area contributed by atoms with Crippen LogP contribution in [0.1, 0.15) is 29.4 Å². The van der Waals surface area contributed by atoms with E-state index < -0.39 is 0 Å². The van der Waals surface area contributed by atoms with Crippen molar-refractivity contribution in [2.45, 2.75) is 27.2 Å². The van der Waals surface area contributed by atoms with Gasteiger partial charge in [-0.15, -0.1) is 0 Å². The molecule has 0 saturated carbocycles. The summed E-state index contributed by atoms with van der Waals surface area (Å²) in [6, 6.07) is 21.2. The first-order valence-corrected chi connectivity index (χ1v) is 12.1. The Morgan fingerprint density at radius 2 is 1.75 bits per heavy atom. The summed E-state index contributed by atoms with van der Waals surface area (Å²) in [6.45, 7) is 6.00. The van der Waals surface area contributed by atoms with Crippen molar-refractivity contribution in [3.8, 4) is 22.8 Å². The minimum atomic E-state index is -0.267. The van der Waals surface area contributed by atoms with Crippen molar-refractivity contribution in [1.82, 2.24) is 4.98 Å². The molecule has 3 aromatic carbocycles. The Balaban J connectivity index is 1.31. The van der Waals surface area contributed by atoms with Crippen LogP contribution in [0.5, 0.6) is 0 Å². The molecule has 6 heteroatoms. The van der Waals surface area contributed by atoms with Crippen LogP contribution in [-0.4, -0.2) is 10.9 Å². The van der Waals surface area contributed by atoms with Crippen molar-refractivity contribution >= 4 is 40.4 Å². The van der Waals surface area contributed by atoms with E-state index in [0.29, 0.717) is 28.1 Å². The molecule has 0 aliphatic rings. The number of nitrogens with one attached hydrogen (secondary N) is 1. The van der Waals surface area contributed by atoms with E-state index in [-0.39, 0.29) is 5.91 Å². The van der Waals surface area contributed by atoms with Crippen molar-refractivity contribution in [3.05, 3.63) is 100 Å². The zero-order chi connectivity index (χ0) is 25.2. The van der Waals surface area contributed by atoms with E-state index in [1.54, 1.807) is 6.08 Å². The molecule has 0 radical (unpaired) electrons. The second-order valence-corrected chi connectivity index (χ2v) is 9.10. The lowest BCUT2D eigenvalue weighted by molar-refractivity contribution is -0.111. The topological polar surface area (TPSA) is 68.3 Å². The quantitative estimate of drug-likeness (QED) is 0.240. The minimum absolute atomic E-state index is 0.267. The fourth-order valence-electron chi connectivity index (χ4n) is 3.88. The van der Waals surface area contributed by atoms with Crippen LogP contribution in [-0.2, 0) is 11.2 Å². The number of benzene rings is 3. The number of amides is 1. The van der Waals surface area contributed by atoms with Gasteiger partial charge in [0, 0.05) is 27.9 Å². The van der Waals surface area contributed by atoms with E-state index in [4.69, 9.17) is 20.4 Å². The summed E-state index contributed by atoms with van der Waals surface area (Å²) in [7, 11) is 0. The number of anilines is 1. The van der Waals surface area contributed by atoms with Crippen LogP contribution in [0, 0.1) is 13.8 Å². The standard InChI is InChI=1S/C30H25ClN2O3/c1-4-20-7-12-28-26(15-20)33-30(36-28)22-9-6-19(3)25(17-22)32-29(34)14-11-23-10-13-27(35-23)21-8-5-18(2)24(31)16-21/h5-17H,4H2,1-3H3,(H,32,34). The maximum Gasteiger partial charge on any atom is 0.248 e. The zero-order valence-corrected chi connectivity index (χ0v) is 21.0. The Morgan fingerprint density at radius 1 is 0.944 bits per heavy atom. The van der Waals surface area contributed by atoms with Crippen molar-refractivity contribution < 1.29 is 13.6 Å². The maximum absolute atomic E-state index is 12.7. The molecule has 0 aliphatic carbocycles. The molecular weight excluding hydrogens is 472 g/mol. The number of aryl methyl sites for hydroxylation is 3. The Labute approximate surface area is 214 Å². The summed E-state index contributed by atoms with van der Waals surface area (Å²) in [5.41, 5.74) is 7.07. The lowest BCUT2D eigenvalue weighted by Gasteiger charge is -2.07. The molecule has 180 valence electrons. The Bertz CT molecular complexity index is 1610. The molecule has 0 saturated heterocycles. The van der Waals surface area contributed by atoms with Crippen LogP contribution >= 0.6 is 11.6 Å². The Morgan fingerprint density at radius 3 is 2.56 bits per heavy atom. The number of carbonyl (C=O) groups is 1. The van der Waals surface area contributed by atoms with Crippen LogP contribution in [0.25, 0.3) is 40.0 Å². The predicted molar refractivity (Wildman–Crippen MR) is 145 cm³/mol. The number of aromatic nitrogens is 1. The van der Waals surface area contributed by atoms with Crippen molar-refractivity contribution in [2.75, 3.05) is 5.32 Å². The van der Waals surface area contributed by atoms with Crippen molar-refractivity contribution in [1.29, 1.82) is 0 Å². The van der Waals surface area contributed by atoms with Crippen LogP contribution in [0.15, 0.2) is 81.6 Å². The number of rotatable bonds is 6. The van der Waals surface area contributed by atoms with Gasteiger partial charge in [-0.3, -0.25) is 4.79 Å². The van der Waals surface area contributed by atoms with E-state index in [1.165, 1.54) is 11.6 Å². The average molecular weight is 497 g/mol. The lowest BCUT2D eigenvalue weighted by Crippen LogP contribution is -2.09. The van der Waals surface area contributed by atoms with Gasteiger partial charge in [0.15, 0.2) is 5.58 Å². The smallest absolute Gasteiger partial charge is 0.248 e. The molecule has 5 nitrogen and oxygen atoms in total. The van der Waals surface area contributed by atoms with Crippen molar-refractivity contribution in [3.63, 3.8) is 0 Å². The second kappa shape index (κ2) is 9.88. The number of oxazole rings is 1. The second-order valence-electron chi connectivity index (χ2n) is 8.69. The third-order valence-electron chi connectivity index (χ3n) is 6.08. The molecule has 2 heterocycles. The van der Waals surface area contributed by atoms with Crippen LogP contribution in [0.4, 0.5) is 5.69 Å². The minimum Gasteiger partial charge on any atom is -0.457 e. The number of furan rings is 1. The van der Waals surface area contributed by atoms with Gasteiger partial charge in [-0.1, -0.05) is 42.8 Å². The van der Waals surface area contributed by atoms with E-state index in [0.717, 1.165) is 39.8 Å². The maximum atomic E-state index is 12.7. The summed E-state index contributed by atoms with van der Waals surface area (Å²) >= 11 is 6.23. The summed E-state index contributed by atoms with van der Waals surface area (Å²) < 4.78 is 11.8. The van der Waals surface area contributed by atoms with Crippen molar-refractivity contribution in [2.24, 2.45) is 0 Å². The van der Waals surface area contributed by atoms with Crippen LogP contribution in [0.3, 0.4) is 0 Å². The molecule has 2 aromatic heterocycles. The van der Waals surface area contributed by atoms with Gasteiger partial charge in [0.1, 0.15) is 17.0 Å². The first kappa shape index (κ1) is 23.6. The first-order valence-electron chi connectivity index (χ1n) is 11.8. The molecule has 0 fully saturated rings. The summed E-state index contributed by atoms with van der Waals surface area (Å²) in [5.74, 6) is 1.51. The molecule has 0 bridgehead atoms. The van der Waals surface area contributed by atoms with Gasteiger partial charge < -0.3 is 14.2 Å². The normalized spacial score (nSPS) is 11.4. The van der Waals surface area contributed by atoms with E-state index in [9.17, 15) is 4.79 Å². The van der Waals surface area contributed by atoms with Crippen LogP contribution < -0.4 is 5.32 Å². The molecule has 36 heavy (non-hydrogen) atoms. The van der Waals surface area contributed by atoms with Gasteiger partial charge in [-0.2, -0.15) is 0 Å². The van der Waals surface area contributed by atoms with Gasteiger partial charge >= 0.3 is 0 Å². The van der Waals surface area contributed by atoms with Gasteiger partial charge in [0.25, 0.3) is 0 Å². The lowest BCUT2D eigenvalue weighted by atomic mass is 10.1. The molecular formula is C30H25ClN2O3. The predicted octanol–water partition coefficient (Wildman–Crippen LogP) is 8.24. The van der Waals surface area contributed by atoms with Gasteiger partial charge in [0.05, 0.1) is 0 Å². The zero-order valence-electron chi connectivity index (χ0n) is 20.3. The number of nitrogens with zero attached hydrogens (tertiary/aromatic N) is 1. The molecule has 1 amide bonds. The molecule has 0 aliphatic heterocycles. The largest absolute Gasteiger partial charge is 0.457 e. The van der Waals surface area contributed by atoms with E-state index in [2.05, 4.69) is 17.2 Å². The monoisotopic (exact) mass is 496 g/mol. The molecule has 0 atom stereocenters. The highest BCUT2D eigenvalue weighted by Gasteiger charge is 2.12. The highest BCUT2D eigenvalue weighted by atomic mass is 35.5. The Kier molecular flexibility index (Phi) is 6.49. The number of carbonyl (C=O) groups excluding carboxylic acids is 1. The first-order chi connectivity index (χ1) is 17.4. The van der Waals surface area contributed by atoms with E-state index >= 15 is 0 Å². The Hall–Kier alpha value is -4.09. The molecule has 5 aromatic rings. The van der Waals surface area contributed by atoms with Gasteiger partial charge in [0.2, 0.25) is 11.8 Å². The van der Waals surface area contributed by atoms with Gasteiger partial charge in [-0.25, -0.2) is 4.98 Å². The molecule has 1 N–H and O–H groups in total. The number of halogens is 1. The summed E-state index contributed by atoms with van der Waals surface area (Å²) in [4.78, 5) is 17.3. The SMILES string of the molecule is CCc1ccc2oc(-c3ccc(C)c(NC(=O)C=Cc4ccc(-c5ccc(C)c(Cl)c5)o4)c3)nc2c1. The van der Waals surface area contributed by atoms with E-state index in [1.807, 2.05) is 80.6 Å². The third-order valence-corrected chi connectivity index (χ3v) is 6.49. The molecule has 0 unspecified atom stereocenters. The molecule has 5 rings (SSSR count). The van der Waals surface area contributed by atoms with Gasteiger partial charge in [-0.05, 0) is 85.5 Å². The highest BCUT2D eigenvalue weighted by molar-refractivity contribution is 6.31. The number of fused-ring (bicyclic) bond motifs is 1. The third kappa shape index (κ3) is 4.97. The number of hydrogen-bond donors (Lipinski definition) is 1. The fraction of sp³-hybridized carbons (Fsp3) is 0.133. The summed E-state index contributed by atoms with van der Waals surface area (Å²) in [5, 5.41) is 3.62. The number of hydrogen-bond acceptors (Lipinski definition) is 4. The molecule has 0 spiro atoms. The highest BCUT2D eigenvalue weighted by Crippen LogP contribution is 2.29. The fourth-order valence-corrected chi connectivity index (χ4v) is 4.06. The average Bonchev–Trinajstić information content (AvgIpc) is 3.52. The summed E-state index contributed by atoms with van der Waals surface area (Å²) in [6.07, 6.45) is 4.02.